The van der Waals surface area contributed by atoms with Crippen molar-refractivity contribution >= 4 is 27.5 Å². The topological polar surface area (TPSA) is 26.0 Å². The number of benzene rings is 2. The summed E-state index contributed by atoms with van der Waals surface area (Å²) in [5.74, 6) is -4.06. The van der Waals surface area contributed by atoms with Crippen molar-refractivity contribution < 1.29 is 13.2 Å². The van der Waals surface area contributed by atoms with Crippen molar-refractivity contribution in [1.29, 1.82) is 0 Å². The summed E-state index contributed by atoms with van der Waals surface area (Å²) in [6.07, 6.45) is 0. The summed E-state index contributed by atoms with van der Waals surface area (Å²) in [4.78, 5) is 0. The largest absolute Gasteiger partial charge is 0.320 e. The van der Waals surface area contributed by atoms with Gasteiger partial charge in [-0.1, -0.05) is 23.7 Å². The maximum Gasteiger partial charge on any atom is 0.194 e. The van der Waals surface area contributed by atoms with Gasteiger partial charge in [0.25, 0.3) is 0 Å². The second-order valence-corrected chi connectivity index (χ2v) is 5.18. The first kappa shape index (κ1) is 14.4. The summed E-state index contributed by atoms with van der Waals surface area (Å²) in [6.45, 7) is 0. The average molecular weight is 351 g/mol. The normalized spacial score (nSPS) is 12.5. The minimum atomic E-state index is -1.53. The van der Waals surface area contributed by atoms with Gasteiger partial charge in [-0.25, -0.2) is 13.2 Å². The van der Waals surface area contributed by atoms with Crippen LogP contribution >= 0.6 is 27.5 Å². The fourth-order valence-corrected chi connectivity index (χ4v) is 2.10. The third-order valence-corrected chi connectivity index (χ3v) is 3.94. The molecule has 2 N–H and O–H groups in total. The highest BCUT2D eigenvalue weighted by molar-refractivity contribution is 9.10. The summed E-state index contributed by atoms with van der Waals surface area (Å²) >= 11 is 9.13. The van der Waals surface area contributed by atoms with Gasteiger partial charge in [-0.05, 0) is 39.7 Å². The molecule has 0 spiro atoms. The molecule has 0 radical (unpaired) electrons. The Kier molecular flexibility index (Phi) is 4.18. The molecule has 2 aromatic rings. The second-order valence-electron chi connectivity index (χ2n) is 3.92. The van der Waals surface area contributed by atoms with Gasteiger partial charge in [-0.15, -0.1) is 0 Å². The van der Waals surface area contributed by atoms with E-state index < -0.39 is 23.5 Å². The average Bonchev–Trinajstić information content (AvgIpc) is 2.39. The monoisotopic (exact) mass is 349 g/mol. The number of halogens is 5. The van der Waals surface area contributed by atoms with Crippen LogP contribution in [0, 0.1) is 17.5 Å². The van der Waals surface area contributed by atoms with Crippen molar-refractivity contribution in [3.8, 4) is 0 Å². The molecule has 0 bridgehead atoms. The van der Waals surface area contributed by atoms with Gasteiger partial charge in [0.1, 0.15) is 0 Å². The molecule has 1 nitrogen and oxygen atoms in total. The third kappa shape index (κ3) is 2.78. The molecule has 100 valence electrons. The zero-order valence-electron chi connectivity index (χ0n) is 9.43. The van der Waals surface area contributed by atoms with Crippen LogP contribution < -0.4 is 5.73 Å². The van der Waals surface area contributed by atoms with Gasteiger partial charge in [-0.2, -0.15) is 0 Å². The van der Waals surface area contributed by atoms with Gasteiger partial charge in [0, 0.05) is 10.0 Å². The van der Waals surface area contributed by atoms with Crippen LogP contribution in [0.5, 0.6) is 0 Å². The van der Waals surface area contributed by atoms with E-state index in [1.54, 1.807) is 12.1 Å². The Bertz CT molecular complexity index is 634. The van der Waals surface area contributed by atoms with Crippen molar-refractivity contribution in [2.24, 2.45) is 5.73 Å². The molecular formula is C13H8BrClF3N. The summed E-state index contributed by atoms with van der Waals surface area (Å²) in [7, 11) is 0. The molecule has 1 atom stereocenters. The Labute approximate surface area is 121 Å². The van der Waals surface area contributed by atoms with E-state index >= 15 is 0 Å². The van der Waals surface area contributed by atoms with Gasteiger partial charge in [0.15, 0.2) is 17.5 Å². The van der Waals surface area contributed by atoms with E-state index in [1.165, 1.54) is 6.07 Å². The van der Waals surface area contributed by atoms with Crippen molar-refractivity contribution in [2.75, 3.05) is 0 Å². The van der Waals surface area contributed by atoms with Crippen molar-refractivity contribution in [2.45, 2.75) is 6.04 Å². The Hall–Kier alpha value is -1.04. The highest BCUT2D eigenvalue weighted by Gasteiger charge is 2.19. The van der Waals surface area contributed by atoms with Crippen molar-refractivity contribution in [3.63, 3.8) is 0 Å². The second kappa shape index (κ2) is 5.53. The zero-order valence-corrected chi connectivity index (χ0v) is 11.8. The molecule has 0 amide bonds. The predicted molar refractivity (Wildman–Crippen MR) is 71.5 cm³/mol. The molecule has 0 aliphatic rings. The third-order valence-electron chi connectivity index (χ3n) is 2.70. The Morgan fingerprint density at radius 3 is 2.37 bits per heavy atom. The van der Waals surface area contributed by atoms with Gasteiger partial charge in [0.2, 0.25) is 0 Å². The van der Waals surface area contributed by atoms with Gasteiger partial charge in [0.05, 0.1) is 11.1 Å². The van der Waals surface area contributed by atoms with E-state index in [4.69, 9.17) is 17.3 Å². The van der Waals surface area contributed by atoms with Crippen LogP contribution in [0.15, 0.2) is 34.8 Å². The molecule has 0 aromatic heterocycles. The van der Waals surface area contributed by atoms with Crippen molar-refractivity contribution in [1.82, 2.24) is 0 Å². The van der Waals surface area contributed by atoms with Crippen LogP contribution in [0.1, 0.15) is 17.2 Å². The molecule has 0 saturated carbocycles. The Balaban J connectivity index is 2.47. The SMILES string of the molecule is NC(c1ccc(Br)c(Cl)c1)c1ccc(F)c(F)c1F. The van der Waals surface area contributed by atoms with E-state index in [0.29, 0.717) is 15.1 Å². The first-order valence-corrected chi connectivity index (χ1v) is 6.43. The summed E-state index contributed by atoms with van der Waals surface area (Å²) < 4.78 is 40.3. The molecule has 0 aliphatic heterocycles. The molecule has 1 unspecified atom stereocenters. The number of hydrogen-bond acceptors (Lipinski definition) is 1. The highest BCUT2D eigenvalue weighted by Crippen LogP contribution is 2.29. The van der Waals surface area contributed by atoms with E-state index in [-0.39, 0.29) is 5.56 Å². The minimum Gasteiger partial charge on any atom is -0.320 e. The number of nitrogens with two attached hydrogens (primary N) is 1. The van der Waals surface area contributed by atoms with Gasteiger partial charge < -0.3 is 5.73 Å². The van der Waals surface area contributed by atoms with Gasteiger partial charge >= 0.3 is 0 Å². The number of rotatable bonds is 2. The summed E-state index contributed by atoms with van der Waals surface area (Å²) in [5, 5.41) is 0.399. The minimum absolute atomic E-state index is 0.128. The Morgan fingerprint density at radius 1 is 1.05 bits per heavy atom. The van der Waals surface area contributed by atoms with E-state index in [0.717, 1.165) is 12.1 Å². The highest BCUT2D eigenvalue weighted by atomic mass is 79.9. The summed E-state index contributed by atoms with van der Waals surface area (Å²) in [6, 6.07) is 5.84. The van der Waals surface area contributed by atoms with Crippen LogP contribution in [0.3, 0.4) is 0 Å². The summed E-state index contributed by atoms with van der Waals surface area (Å²) in [5.41, 5.74) is 6.22. The lowest BCUT2D eigenvalue weighted by Gasteiger charge is -2.14. The molecule has 0 aliphatic carbocycles. The fourth-order valence-electron chi connectivity index (χ4n) is 1.67. The van der Waals surface area contributed by atoms with E-state index in [2.05, 4.69) is 15.9 Å². The standard InChI is InChI=1S/C13H8BrClF3N/c14-8-3-1-6(5-9(8)15)13(19)7-2-4-10(16)12(18)11(7)17/h1-5,13H,19H2. The molecule has 0 fully saturated rings. The lowest BCUT2D eigenvalue weighted by atomic mass is 9.99. The van der Waals surface area contributed by atoms with Crippen LogP contribution in [-0.4, -0.2) is 0 Å². The maximum absolute atomic E-state index is 13.6. The smallest absolute Gasteiger partial charge is 0.194 e. The molecule has 19 heavy (non-hydrogen) atoms. The molecule has 6 heteroatoms. The molecular weight excluding hydrogens is 343 g/mol. The zero-order chi connectivity index (χ0) is 14.2. The first-order valence-electron chi connectivity index (χ1n) is 5.25. The fraction of sp³-hybridized carbons (Fsp3) is 0.0769. The molecule has 0 heterocycles. The molecule has 0 saturated heterocycles. The lowest BCUT2D eigenvalue weighted by Crippen LogP contribution is -2.15. The number of hydrogen-bond donors (Lipinski definition) is 1. The first-order chi connectivity index (χ1) is 8.91. The lowest BCUT2D eigenvalue weighted by molar-refractivity contribution is 0.438. The van der Waals surface area contributed by atoms with Crippen LogP contribution in [-0.2, 0) is 0 Å². The van der Waals surface area contributed by atoms with Crippen LogP contribution in [0.2, 0.25) is 5.02 Å². The van der Waals surface area contributed by atoms with E-state index in [1.807, 2.05) is 0 Å². The van der Waals surface area contributed by atoms with Crippen LogP contribution in [0.4, 0.5) is 13.2 Å². The van der Waals surface area contributed by atoms with Gasteiger partial charge in [-0.3, -0.25) is 0 Å². The predicted octanol–water partition coefficient (Wildman–Crippen LogP) is 4.57. The molecule has 2 rings (SSSR count). The van der Waals surface area contributed by atoms with Crippen molar-refractivity contribution in [3.05, 3.63) is 68.4 Å². The Morgan fingerprint density at radius 2 is 1.74 bits per heavy atom. The maximum atomic E-state index is 13.6. The quantitative estimate of drug-likeness (QED) is 0.789. The van der Waals surface area contributed by atoms with E-state index in [9.17, 15) is 13.2 Å². The van der Waals surface area contributed by atoms with Crippen LogP contribution in [0.25, 0.3) is 0 Å². The molecule has 2 aromatic carbocycles.